The molecule has 0 aromatic heterocycles. The van der Waals surface area contributed by atoms with E-state index in [4.69, 9.17) is 0 Å². The van der Waals surface area contributed by atoms with Crippen LogP contribution in [0.3, 0.4) is 0 Å². The number of carbonyl (C=O) groups is 2. The first kappa shape index (κ1) is 22.5. The Balaban J connectivity index is 1.51. The zero-order valence-electron chi connectivity index (χ0n) is 18.5. The van der Waals surface area contributed by atoms with E-state index in [9.17, 15) is 18.0 Å². The second kappa shape index (κ2) is 9.03. The van der Waals surface area contributed by atoms with Crippen molar-refractivity contribution in [3.05, 3.63) is 53.1 Å². The number of hydrogen-bond donors (Lipinski definition) is 2. The fourth-order valence-electron chi connectivity index (χ4n) is 4.34. The molecule has 0 spiro atoms. The smallest absolute Gasteiger partial charge is 0.243 e. The Hall–Kier alpha value is -2.71. The number of nitrogens with zero attached hydrogens (tertiary/aromatic N) is 1. The molecule has 2 amide bonds. The molecular formula is C24H29N3O4S. The minimum Gasteiger partial charge on any atom is -0.326 e. The Labute approximate surface area is 189 Å². The summed E-state index contributed by atoms with van der Waals surface area (Å²) in [6.45, 7) is 4.46. The number of amides is 2. The van der Waals surface area contributed by atoms with Gasteiger partial charge in [-0.05, 0) is 80.5 Å². The average molecular weight is 456 g/mol. The van der Waals surface area contributed by atoms with Crippen LogP contribution < -0.4 is 10.6 Å². The van der Waals surface area contributed by atoms with Crippen LogP contribution >= 0.6 is 0 Å². The molecule has 2 aliphatic rings. The van der Waals surface area contributed by atoms with Crippen molar-refractivity contribution in [2.75, 3.05) is 23.7 Å². The summed E-state index contributed by atoms with van der Waals surface area (Å²) in [6.07, 6.45) is 3.05. The topological polar surface area (TPSA) is 95.6 Å². The molecule has 0 aliphatic carbocycles. The molecule has 0 unspecified atom stereocenters. The largest absolute Gasteiger partial charge is 0.326 e. The maximum Gasteiger partial charge on any atom is 0.243 e. The van der Waals surface area contributed by atoms with Gasteiger partial charge in [-0.2, -0.15) is 4.31 Å². The predicted molar refractivity (Wildman–Crippen MR) is 124 cm³/mol. The zero-order chi connectivity index (χ0) is 22.9. The van der Waals surface area contributed by atoms with Gasteiger partial charge >= 0.3 is 0 Å². The molecule has 4 rings (SSSR count). The summed E-state index contributed by atoms with van der Waals surface area (Å²) in [4.78, 5) is 24.9. The zero-order valence-corrected chi connectivity index (χ0v) is 19.3. The van der Waals surface area contributed by atoms with Crippen molar-refractivity contribution in [3.63, 3.8) is 0 Å². The summed E-state index contributed by atoms with van der Waals surface area (Å²) in [6, 6.07) is 10.8. The molecule has 1 fully saturated rings. The SMILES string of the molecule is Cc1ccc(C)c(NC(=O)[C@@H]2CCCN(S(=O)(=O)c3ccc4c(c3)CCCC(=O)N4)C2)c1. The number of sulfonamides is 1. The minimum atomic E-state index is -3.73. The van der Waals surface area contributed by atoms with Crippen molar-refractivity contribution in [2.24, 2.45) is 5.92 Å². The lowest BCUT2D eigenvalue weighted by Gasteiger charge is -2.31. The highest BCUT2D eigenvalue weighted by atomic mass is 32.2. The molecule has 2 aromatic carbocycles. The molecular weight excluding hydrogens is 426 g/mol. The fraction of sp³-hybridized carbons (Fsp3) is 0.417. The van der Waals surface area contributed by atoms with Crippen LogP contribution in [0.5, 0.6) is 0 Å². The summed E-state index contributed by atoms with van der Waals surface area (Å²) in [5.41, 5.74) is 4.30. The highest BCUT2D eigenvalue weighted by Crippen LogP contribution is 2.29. The highest BCUT2D eigenvalue weighted by Gasteiger charge is 2.34. The molecule has 1 saturated heterocycles. The monoisotopic (exact) mass is 455 g/mol. The van der Waals surface area contributed by atoms with E-state index in [-0.39, 0.29) is 23.3 Å². The first-order chi connectivity index (χ1) is 15.2. The molecule has 1 atom stereocenters. The Bertz CT molecular complexity index is 1160. The van der Waals surface area contributed by atoms with Crippen LogP contribution in [-0.2, 0) is 26.0 Å². The standard InChI is InChI=1S/C24H29N3O4S/c1-16-8-9-17(2)22(13-16)26-24(29)19-6-4-12-27(15-19)32(30,31)20-10-11-21-18(14-20)5-3-7-23(28)25-21/h8-11,13-14,19H,3-7,12,15H2,1-2H3,(H,25,28)(H,26,29)/t19-/m1/s1. The molecule has 32 heavy (non-hydrogen) atoms. The van der Waals surface area contributed by atoms with E-state index in [1.54, 1.807) is 18.2 Å². The van der Waals surface area contributed by atoms with Gasteiger partial charge < -0.3 is 10.6 Å². The Morgan fingerprint density at radius 3 is 2.72 bits per heavy atom. The van der Waals surface area contributed by atoms with Gasteiger partial charge in [-0.3, -0.25) is 9.59 Å². The predicted octanol–water partition coefficient (Wildman–Crippen LogP) is 3.62. The maximum atomic E-state index is 13.4. The van der Waals surface area contributed by atoms with Crippen LogP contribution in [0.4, 0.5) is 11.4 Å². The Morgan fingerprint density at radius 1 is 1.09 bits per heavy atom. The van der Waals surface area contributed by atoms with E-state index >= 15 is 0 Å². The van der Waals surface area contributed by atoms with E-state index in [1.165, 1.54) is 4.31 Å². The van der Waals surface area contributed by atoms with Gasteiger partial charge in [0, 0.05) is 30.9 Å². The number of nitrogens with one attached hydrogen (secondary N) is 2. The molecule has 2 heterocycles. The van der Waals surface area contributed by atoms with Crippen molar-refractivity contribution in [2.45, 2.75) is 50.8 Å². The van der Waals surface area contributed by atoms with Crippen LogP contribution in [0.15, 0.2) is 41.3 Å². The molecule has 0 radical (unpaired) electrons. The molecule has 0 saturated carbocycles. The van der Waals surface area contributed by atoms with E-state index < -0.39 is 15.9 Å². The van der Waals surface area contributed by atoms with Crippen LogP contribution in [0, 0.1) is 19.8 Å². The highest BCUT2D eigenvalue weighted by molar-refractivity contribution is 7.89. The molecule has 2 N–H and O–H groups in total. The molecule has 0 bridgehead atoms. The van der Waals surface area contributed by atoms with Gasteiger partial charge in [0.05, 0.1) is 10.8 Å². The van der Waals surface area contributed by atoms with Gasteiger partial charge in [-0.1, -0.05) is 12.1 Å². The van der Waals surface area contributed by atoms with Crippen molar-refractivity contribution in [1.29, 1.82) is 0 Å². The van der Waals surface area contributed by atoms with Gasteiger partial charge in [0.15, 0.2) is 0 Å². The van der Waals surface area contributed by atoms with Crippen LogP contribution in [0.25, 0.3) is 0 Å². The molecule has 2 aliphatic heterocycles. The summed E-state index contributed by atoms with van der Waals surface area (Å²) >= 11 is 0. The average Bonchev–Trinajstić information content (AvgIpc) is 2.96. The second-order valence-corrected chi connectivity index (χ2v) is 10.7. The van der Waals surface area contributed by atoms with Crippen molar-refractivity contribution >= 4 is 33.2 Å². The number of aryl methyl sites for hydroxylation is 3. The summed E-state index contributed by atoms with van der Waals surface area (Å²) in [5.74, 6) is -0.602. The number of benzene rings is 2. The van der Waals surface area contributed by atoms with Crippen LogP contribution in [-0.4, -0.2) is 37.6 Å². The number of anilines is 2. The van der Waals surface area contributed by atoms with E-state index in [0.29, 0.717) is 44.3 Å². The van der Waals surface area contributed by atoms with E-state index in [0.717, 1.165) is 22.4 Å². The third kappa shape index (κ3) is 4.71. The lowest BCUT2D eigenvalue weighted by atomic mass is 9.98. The molecule has 7 nitrogen and oxygen atoms in total. The normalized spacial score (nSPS) is 19.6. The second-order valence-electron chi connectivity index (χ2n) is 8.73. The Morgan fingerprint density at radius 2 is 1.91 bits per heavy atom. The van der Waals surface area contributed by atoms with Gasteiger partial charge in [0.2, 0.25) is 21.8 Å². The first-order valence-electron chi connectivity index (χ1n) is 11.0. The van der Waals surface area contributed by atoms with Crippen LogP contribution in [0.2, 0.25) is 0 Å². The molecule has 2 aromatic rings. The summed E-state index contributed by atoms with van der Waals surface area (Å²) in [7, 11) is -3.73. The van der Waals surface area contributed by atoms with Crippen LogP contribution in [0.1, 0.15) is 42.4 Å². The first-order valence-corrected chi connectivity index (χ1v) is 12.5. The van der Waals surface area contributed by atoms with Crippen molar-refractivity contribution in [1.82, 2.24) is 4.31 Å². The van der Waals surface area contributed by atoms with Crippen molar-refractivity contribution < 1.29 is 18.0 Å². The van der Waals surface area contributed by atoms with E-state index in [1.807, 2.05) is 32.0 Å². The number of piperidine rings is 1. The minimum absolute atomic E-state index is 0.0481. The number of carbonyl (C=O) groups excluding carboxylic acids is 2. The van der Waals surface area contributed by atoms with Gasteiger partial charge in [-0.15, -0.1) is 0 Å². The lowest BCUT2D eigenvalue weighted by Crippen LogP contribution is -2.43. The number of hydrogen-bond acceptors (Lipinski definition) is 4. The third-order valence-corrected chi connectivity index (χ3v) is 8.11. The quantitative estimate of drug-likeness (QED) is 0.736. The van der Waals surface area contributed by atoms with Gasteiger partial charge in [-0.25, -0.2) is 8.42 Å². The van der Waals surface area contributed by atoms with E-state index in [2.05, 4.69) is 10.6 Å². The maximum absolute atomic E-state index is 13.4. The third-order valence-electron chi connectivity index (χ3n) is 6.24. The molecule has 170 valence electrons. The lowest BCUT2D eigenvalue weighted by molar-refractivity contribution is -0.121. The molecule has 8 heteroatoms. The number of rotatable bonds is 4. The van der Waals surface area contributed by atoms with Gasteiger partial charge in [0.25, 0.3) is 0 Å². The summed E-state index contributed by atoms with van der Waals surface area (Å²) < 4.78 is 28.1. The fourth-order valence-corrected chi connectivity index (χ4v) is 5.92. The van der Waals surface area contributed by atoms with Gasteiger partial charge in [0.1, 0.15) is 0 Å². The Kier molecular flexibility index (Phi) is 6.35. The number of fused-ring (bicyclic) bond motifs is 1. The van der Waals surface area contributed by atoms with Crippen molar-refractivity contribution in [3.8, 4) is 0 Å². The summed E-state index contributed by atoms with van der Waals surface area (Å²) in [5, 5.41) is 5.82.